The summed E-state index contributed by atoms with van der Waals surface area (Å²) in [5, 5.41) is 13.8. The van der Waals surface area contributed by atoms with E-state index in [9.17, 15) is 18.5 Å². The molecule has 6 nitrogen and oxygen atoms in total. The Kier molecular flexibility index (Phi) is 4.77. The highest BCUT2D eigenvalue weighted by atomic mass is 32.2. The normalized spacial score (nSPS) is 11.1. The van der Waals surface area contributed by atoms with Crippen LogP contribution in [0.4, 0.5) is 11.4 Å². The second kappa shape index (κ2) is 6.57. The second-order valence-corrected chi connectivity index (χ2v) is 6.95. The van der Waals surface area contributed by atoms with E-state index < -0.39 is 14.8 Å². The summed E-state index contributed by atoms with van der Waals surface area (Å²) in [5.41, 5.74) is 1.03. The molecule has 0 saturated carbocycles. The average molecular weight is 320 g/mol. The van der Waals surface area contributed by atoms with Crippen molar-refractivity contribution < 1.29 is 13.3 Å². The lowest BCUT2D eigenvalue weighted by Crippen LogP contribution is -2.16. The van der Waals surface area contributed by atoms with Crippen molar-refractivity contribution in [2.24, 2.45) is 0 Å². The number of sulfone groups is 1. The molecule has 0 radical (unpaired) electrons. The van der Waals surface area contributed by atoms with Gasteiger partial charge in [-0.25, -0.2) is 8.42 Å². The molecule has 0 spiro atoms. The molecule has 0 unspecified atom stereocenters. The summed E-state index contributed by atoms with van der Waals surface area (Å²) in [6.45, 7) is 1.86. The van der Waals surface area contributed by atoms with Crippen LogP contribution in [0.5, 0.6) is 0 Å². The Labute approximate surface area is 128 Å². The highest BCUT2D eigenvalue weighted by Crippen LogP contribution is 2.25. The summed E-state index contributed by atoms with van der Waals surface area (Å²) in [5.74, 6) is -0.137. The average Bonchev–Trinajstić information content (AvgIpc) is 2.49. The van der Waals surface area contributed by atoms with Crippen molar-refractivity contribution in [2.45, 2.75) is 11.8 Å². The fourth-order valence-corrected chi connectivity index (χ4v) is 3.19. The first kappa shape index (κ1) is 16.0. The third-order valence-corrected chi connectivity index (χ3v) is 4.87. The quantitative estimate of drug-likeness (QED) is 0.653. The minimum atomic E-state index is -3.40. The fourth-order valence-electron chi connectivity index (χ4n) is 2.01. The molecule has 2 aromatic rings. The van der Waals surface area contributed by atoms with E-state index >= 15 is 0 Å². The molecule has 7 heteroatoms. The number of nitrogens with one attached hydrogen (secondary N) is 1. The molecule has 0 heterocycles. The van der Waals surface area contributed by atoms with Crippen molar-refractivity contribution in [3.05, 3.63) is 64.2 Å². The van der Waals surface area contributed by atoms with Gasteiger partial charge in [0.15, 0.2) is 9.84 Å². The Morgan fingerprint density at radius 1 is 1.14 bits per heavy atom. The van der Waals surface area contributed by atoms with Gasteiger partial charge in [-0.1, -0.05) is 24.3 Å². The highest BCUT2D eigenvalue weighted by Gasteiger charge is 2.16. The summed E-state index contributed by atoms with van der Waals surface area (Å²) in [4.78, 5) is 10.8. The molecule has 0 saturated heterocycles. The van der Waals surface area contributed by atoms with Crippen LogP contribution in [-0.2, 0) is 9.84 Å². The van der Waals surface area contributed by atoms with Crippen molar-refractivity contribution >= 4 is 21.2 Å². The van der Waals surface area contributed by atoms with Crippen LogP contribution in [0.25, 0.3) is 0 Å². The predicted molar refractivity (Wildman–Crippen MR) is 84.8 cm³/mol. The lowest BCUT2D eigenvalue weighted by molar-refractivity contribution is -0.384. The first-order chi connectivity index (χ1) is 10.4. The number of nitrogens with zero attached hydrogens (tertiary/aromatic N) is 1. The number of anilines is 1. The molecule has 0 aliphatic rings. The van der Waals surface area contributed by atoms with E-state index in [0.717, 1.165) is 5.56 Å². The molecule has 1 N–H and O–H groups in total. The van der Waals surface area contributed by atoms with Crippen LogP contribution in [-0.4, -0.2) is 25.6 Å². The molecule has 116 valence electrons. The molecule has 2 rings (SSSR count). The number of aryl methyl sites for hydroxylation is 1. The van der Waals surface area contributed by atoms with E-state index in [1.54, 1.807) is 37.3 Å². The molecule has 0 amide bonds. The lowest BCUT2D eigenvalue weighted by atomic mass is 10.2. The van der Waals surface area contributed by atoms with E-state index in [0.29, 0.717) is 5.69 Å². The maximum Gasteiger partial charge on any atom is 0.292 e. The van der Waals surface area contributed by atoms with Gasteiger partial charge in [-0.2, -0.15) is 0 Å². The van der Waals surface area contributed by atoms with Gasteiger partial charge in [-0.05, 0) is 30.7 Å². The molecule has 0 aliphatic heterocycles. The number of rotatable bonds is 6. The first-order valence-corrected chi connectivity index (χ1v) is 8.32. The zero-order chi connectivity index (χ0) is 16.2. The van der Waals surface area contributed by atoms with Gasteiger partial charge in [0.2, 0.25) is 0 Å². The third kappa shape index (κ3) is 3.82. The zero-order valence-corrected chi connectivity index (χ0v) is 12.8. The van der Waals surface area contributed by atoms with Crippen LogP contribution in [0.1, 0.15) is 5.56 Å². The topological polar surface area (TPSA) is 89.3 Å². The van der Waals surface area contributed by atoms with Crippen LogP contribution in [0.15, 0.2) is 53.4 Å². The fraction of sp³-hybridized carbons (Fsp3) is 0.200. The monoisotopic (exact) mass is 320 g/mol. The number of nitro groups is 1. The number of hydrogen-bond acceptors (Lipinski definition) is 5. The largest absolute Gasteiger partial charge is 0.378 e. The Hall–Kier alpha value is -2.41. The number of benzene rings is 2. The lowest BCUT2D eigenvalue weighted by Gasteiger charge is -2.08. The van der Waals surface area contributed by atoms with E-state index in [4.69, 9.17) is 0 Å². The summed E-state index contributed by atoms with van der Waals surface area (Å²) >= 11 is 0. The molecule has 2 aromatic carbocycles. The smallest absolute Gasteiger partial charge is 0.292 e. The standard InChI is InChI=1S/C15H16N2O4S/c1-12-7-8-14(15(11-12)17(18)19)16-9-10-22(20,21)13-5-3-2-4-6-13/h2-8,11,16H,9-10H2,1H3. The van der Waals surface area contributed by atoms with Gasteiger partial charge >= 0.3 is 0 Å². The molecule has 0 bridgehead atoms. The molecule has 0 atom stereocenters. The van der Waals surface area contributed by atoms with E-state index in [1.807, 2.05) is 0 Å². The summed E-state index contributed by atoms with van der Waals surface area (Å²) in [6.07, 6.45) is 0. The van der Waals surface area contributed by atoms with Crippen LogP contribution in [0.3, 0.4) is 0 Å². The SMILES string of the molecule is Cc1ccc(NCCS(=O)(=O)c2ccccc2)c([N+](=O)[O-])c1. The van der Waals surface area contributed by atoms with Gasteiger partial charge in [-0.3, -0.25) is 10.1 Å². The van der Waals surface area contributed by atoms with Crippen molar-refractivity contribution in [3.63, 3.8) is 0 Å². The summed E-state index contributed by atoms with van der Waals surface area (Å²) in [6, 6.07) is 12.9. The van der Waals surface area contributed by atoms with Crippen LogP contribution < -0.4 is 5.32 Å². The van der Waals surface area contributed by atoms with E-state index in [-0.39, 0.29) is 22.9 Å². The van der Waals surface area contributed by atoms with Gasteiger partial charge in [0, 0.05) is 12.6 Å². The molecule has 0 aromatic heterocycles. The predicted octanol–water partition coefficient (Wildman–Crippen LogP) is 2.79. The third-order valence-electron chi connectivity index (χ3n) is 3.14. The Morgan fingerprint density at radius 3 is 2.45 bits per heavy atom. The van der Waals surface area contributed by atoms with Gasteiger partial charge in [0.25, 0.3) is 5.69 Å². The number of nitro benzene ring substituents is 1. The minimum absolute atomic E-state index is 0.0582. The van der Waals surface area contributed by atoms with Crippen LogP contribution in [0, 0.1) is 17.0 Å². The molecule has 0 aliphatic carbocycles. The maximum atomic E-state index is 12.1. The highest BCUT2D eigenvalue weighted by molar-refractivity contribution is 7.91. The van der Waals surface area contributed by atoms with Crippen molar-refractivity contribution in [3.8, 4) is 0 Å². The van der Waals surface area contributed by atoms with E-state index in [2.05, 4.69) is 5.32 Å². The molecule has 0 fully saturated rings. The van der Waals surface area contributed by atoms with Crippen molar-refractivity contribution in [1.82, 2.24) is 0 Å². The summed E-state index contributed by atoms with van der Waals surface area (Å²) < 4.78 is 24.2. The molecular weight excluding hydrogens is 304 g/mol. The zero-order valence-electron chi connectivity index (χ0n) is 12.0. The Balaban J connectivity index is 2.07. The van der Waals surface area contributed by atoms with Crippen LogP contribution >= 0.6 is 0 Å². The number of hydrogen-bond donors (Lipinski definition) is 1. The van der Waals surface area contributed by atoms with Gasteiger partial charge in [0.05, 0.1) is 15.6 Å². The van der Waals surface area contributed by atoms with Gasteiger partial charge < -0.3 is 5.32 Å². The van der Waals surface area contributed by atoms with Crippen molar-refractivity contribution in [1.29, 1.82) is 0 Å². The van der Waals surface area contributed by atoms with Crippen molar-refractivity contribution in [2.75, 3.05) is 17.6 Å². The van der Waals surface area contributed by atoms with Gasteiger partial charge in [-0.15, -0.1) is 0 Å². The second-order valence-electron chi connectivity index (χ2n) is 4.84. The maximum absolute atomic E-state index is 12.1. The first-order valence-electron chi connectivity index (χ1n) is 6.67. The summed E-state index contributed by atoms with van der Waals surface area (Å²) in [7, 11) is -3.40. The molecular formula is C15H16N2O4S. The Morgan fingerprint density at radius 2 is 1.82 bits per heavy atom. The van der Waals surface area contributed by atoms with Gasteiger partial charge in [0.1, 0.15) is 5.69 Å². The van der Waals surface area contributed by atoms with Crippen LogP contribution in [0.2, 0.25) is 0 Å². The minimum Gasteiger partial charge on any atom is -0.378 e. The Bertz CT molecular complexity index is 773. The molecule has 22 heavy (non-hydrogen) atoms. The van der Waals surface area contributed by atoms with E-state index in [1.165, 1.54) is 18.2 Å².